The summed E-state index contributed by atoms with van der Waals surface area (Å²) >= 11 is 0. The van der Waals surface area contributed by atoms with Gasteiger partial charge in [-0.1, -0.05) is 5.21 Å². The first-order valence-corrected chi connectivity index (χ1v) is 6.28. The maximum absolute atomic E-state index is 13.0. The van der Waals surface area contributed by atoms with Gasteiger partial charge in [0, 0.05) is 13.2 Å². The Morgan fingerprint density at radius 2 is 2.29 bits per heavy atom. The highest BCUT2D eigenvalue weighted by molar-refractivity contribution is 5.61. The van der Waals surface area contributed by atoms with Gasteiger partial charge in [0.25, 0.3) is 5.69 Å². The van der Waals surface area contributed by atoms with Crippen LogP contribution in [0.3, 0.4) is 0 Å². The maximum Gasteiger partial charge on any atom is 0.295 e. The molecule has 0 spiro atoms. The Bertz CT molecular complexity index is 631. The zero-order valence-electron chi connectivity index (χ0n) is 11.1. The van der Waals surface area contributed by atoms with Crippen molar-refractivity contribution in [1.29, 1.82) is 0 Å². The number of benzene rings is 1. The van der Waals surface area contributed by atoms with Crippen molar-refractivity contribution in [2.24, 2.45) is 0 Å². The highest BCUT2D eigenvalue weighted by atomic mass is 19.1. The van der Waals surface area contributed by atoms with Gasteiger partial charge in [-0.25, -0.2) is 4.39 Å². The van der Waals surface area contributed by atoms with Gasteiger partial charge in [0.05, 0.1) is 23.7 Å². The number of hydrogen-bond donors (Lipinski definition) is 2. The molecule has 112 valence electrons. The third kappa shape index (κ3) is 3.96. The number of aliphatic hydroxyl groups is 1. The number of nitrogens with zero attached hydrogens (tertiary/aromatic N) is 4. The molecule has 0 aliphatic heterocycles. The van der Waals surface area contributed by atoms with E-state index >= 15 is 0 Å². The number of nitro groups is 1. The lowest BCUT2D eigenvalue weighted by atomic mass is 10.2. The quantitative estimate of drug-likeness (QED) is 0.589. The van der Waals surface area contributed by atoms with E-state index in [0.29, 0.717) is 18.7 Å². The molecule has 1 heterocycles. The lowest BCUT2D eigenvalue weighted by molar-refractivity contribution is -0.384. The van der Waals surface area contributed by atoms with Gasteiger partial charge >= 0.3 is 0 Å². The van der Waals surface area contributed by atoms with E-state index in [-0.39, 0.29) is 24.5 Å². The topological polar surface area (TPSA) is 106 Å². The number of halogens is 1. The van der Waals surface area contributed by atoms with Crippen LogP contribution in [0.15, 0.2) is 24.4 Å². The van der Waals surface area contributed by atoms with Crippen LogP contribution in [0.25, 0.3) is 0 Å². The van der Waals surface area contributed by atoms with Crippen LogP contribution in [-0.2, 0) is 13.1 Å². The Hall–Kier alpha value is -2.55. The molecular formula is C12H14FN5O3. The van der Waals surface area contributed by atoms with E-state index in [2.05, 4.69) is 15.6 Å². The Morgan fingerprint density at radius 1 is 1.48 bits per heavy atom. The predicted octanol–water partition coefficient (Wildman–Crippen LogP) is 1.32. The van der Waals surface area contributed by atoms with Crippen molar-refractivity contribution >= 4 is 11.4 Å². The van der Waals surface area contributed by atoms with Gasteiger partial charge in [-0.05, 0) is 18.6 Å². The second kappa shape index (κ2) is 6.75. The summed E-state index contributed by atoms with van der Waals surface area (Å²) in [6.07, 6.45) is 2.25. The van der Waals surface area contributed by atoms with Gasteiger partial charge in [0.15, 0.2) is 0 Å². The van der Waals surface area contributed by atoms with Crippen LogP contribution >= 0.6 is 0 Å². The Morgan fingerprint density at radius 3 is 3.00 bits per heavy atom. The highest BCUT2D eigenvalue weighted by Gasteiger charge is 2.14. The standard InChI is InChI=1S/C12H14FN5O3/c13-9-2-3-11(12(6-9)18(20)21)14-7-10-8-17(16-15-10)4-1-5-19/h2-3,6,8,14,19H,1,4-5,7H2. The molecular weight excluding hydrogens is 281 g/mol. The minimum atomic E-state index is -0.665. The van der Waals surface area contributed by atoms with Gasteiger partial charge in [-0.15, -0.1) is 5.10 Å². The molecule has 21 heavy (non-hydrogen) atoms. The fourth-order valence-corrected chi connectivity index (χ4v) is 1.75. The summed E-state index contributed by atoms with van der Waals surface area (Å²) in [7, 11) is 0. The molecule has 0 saturated carbocycles. The molecule has 0 unspecified atom stereocenters. The molecule has 0 fully saturated rings. The third-order valence-electron chi connectivity index (χ3n) is 2.75. The van der Waals surface area contributed by atoms with Crippen LogP contribution in [0.5, 0.6) is 0 Å². The Labute approximate surface area is 119 Å². The van der Waals surface area contributed by atoms with E-state index in [4.69, 9.17) is 5.11 Å². The number of nitrogens with one attached hydrogen (secondary N) is 1. The molecule has 2 aromatic rings. The van der Waals surface area contributed by atoms with E-state index in [1.807, 2.05) is 0 Å². The van der Waals surface area contributed by atoms with E-state index in [1.54, 1.807) is 10.9 Å². The summed E-state index contributed by atoms with van der Waals surface area (Å²) in [5, 5.41) is 30.2. The van der Waals surface area contributed by atoms with Crippen molar-refractivity contribution < 1.29 is 14.4 Å². The minimum Gasteiger partial charge on any atom is -0.396 e. The van der Waals surface area contributed by atoms with E-state index in [1.165, 1.54) is 6.07 Å². The molecule has 2 rings (SSSR count). The fourth-order valence-electron chi connectivity index (χ4n) is 1.75. The average molecular weight is 295 g/mol. The van der Waals surface area contributed by atoms with Crippen molar-refractivity contribution in [2.75, 3.05) is 11.9 Å². The van der Waals surface area contributed by atoms with E-state index in [9.17, 15) is 14.5 Å². The van der Waals surface area contributed by atoms with Crippen LogP contribution in [0.2, 0.25) is 0 Å². The molecule has 0 aliphatic carbocycles. The number of aromatic nitrogens is 3. The number of nitro benzene ring substituents is 1. The summed E-state index contributed by atoms with van der Waals surface area (Å²) in [6, 6.07) is 3.32. The number of rotatable bonds is 7. The van der Waals surface area contributed by atoms with Crippen LogP contribution < -0.4 is 5.32 Å². The lowest BCUT2D eigenvalue weighted by Gasteiger charge is -2.05. The monoisotopic (exact) mass is 295 g/mol. The molecule has 2 N–H and O–H groups in total. The van der Waals surface area contributed by atoms with Gasteiger partial charge in [-0.3, -0.25) is 14.8 Å². The average Bonchev–Trinajstić information content (AvgIpc) is 2.91. The Balaban J connectivity index is 2.03. The van der Waals surface area contributed by atoms with Crippen LogP contribution in [-0.4, -0.2) is 31.6 Å². The third-order valence-corrected chi connectivity index (χ3v) is 2.75. The molecule has 1 aromatic heterocycles. The fraction of sp³-hybridized carbons (Fsp3) is 0.333. The number of anilines is 1. The van der Waals surface area contributed by atoms with Crippen molar-refractivity contribution in [3.63, 3.8) is 0 Å². The normalized spacial score (nSPS) is 10.6. The maximum atomic E-state index is 13.0. The molecule has 8 nitrogen and oxygen atoms in total. The summed E-state index contributed by atoms with van der Waals surface area (Å²) in [6.45, 7) is 0.834. The first-order chi connectivity index (χ1) is 10.1. The predicted molar refractivity (Wildman–Crippen MR) is 72.1 cm³/mol. The number of aryl methyl sites for hydroxylation is 1. The molecule has 0 atom stereocenters. The minimum absolute atomic E-state index is 0.0647. The molecule has 0 radical (unpaired) electrons. The summed E-state index contributed by atoms with van der Waals surface area (Å²) < 4.78 is 14.6. The second-order valence-corrected chi connectivity index (χ2v) is 4.32. The van der Waals surface area contributed by atoms with Crippen LogP contribution in [0.1, 0.15) is 12.1 Å². The molecule has 0 bridgehead atoms. The van der Waals surface area contributed by atoms with E-state index < -0.39 is 10.7 Å². The van der Waals surface area contributed by atoms with Gasteiger partial charge in [0.1, 0.15) is 17.2 Å². The highest BCUT2D eigenvalue weighted by Crippen LogP contribution is 2.25. The van der Waals surface area contributed by atoms with Crippen molar-refractivity contribution in [2.45, 2.75) is 19.5 Å². The van der Waals surface area contributed by atoms with Gasteiger partial charge < -0.3 is 10.4 Å². The van der Waals surface area contributed by atoms with E-state index in [0.717, 1.165) is 12.1 Å². The van der Waals surface area contributed by atoms with Crippen LogP contribution in [0, 0.1) is 15.9 Å². The molecule has 0 amide bonds. The van der Waals surface area contributed by atoms with Gasteiger partial charge in [0.2, 0.25) is 0 Å². The van der Waals surface area contributed by atoms with Crippen molar-refractivity contribution in [1.82, 2.24) is 15.0 Å². The lowest BCUT2D eigenvalue weighted by Crippen LogP contribution is -2.03. The zero-order valence-corrected chi connectivity index (χ0v) is 11.1. The smallest absolute Gasteiger partial charge is 0.295 e. The largest absolute Gasteiger partial charge is 0.396 e. The molecule has 1 aromatic carbocycles. The molecule has 9 heteroatoms. The molecule has 0 saturated heterocycles. The Kier molecular flexibility index (Phi) is 4.77. The molecule has 0 aliphatic rings. The number of hydrogen-bond acceptors (Lipinski definition) is 6. The SMILES string of the molecule is O=[N+]([O-])c1cc(F)ccc1NCc1cn(CCCO)nn1. The second-order valence-electron chi connectivity index (χ2n) is 4.32. The van der Waals surface area contributed by atoms with Gasteiger partial charge in [-0.2, -0.15) is 0 Å². The number of aliphatic hydroxyl groups excluding tert-OH is 1. The summed E-state index contributed by atoms with van der Waals surface area (Å²) in [5.41, 5.74) is 0.473. The summed E-state index contributed by atoms with van der Waals surface area (Å²) in [5.74, 6) is -0.665. The summed E-state index contributed by atoms with van der Waals surface area (Å²) in [4.78, 5) is 10.2. The first-order valence-electron chi connectivity index (χ1n) is 6.28. The van der Waals surface area contributed by atoms with Crippen molar-refractivity contribution in [3.8, 4) is 0 Å². The van der Waals surface area contributed by atoms with Crippen molar-refractivity contribution in [3.05, 3.63) is 46.0 Å². The zero-order chi connectivity index (χ0) is 15.2. The first kappa shape index (κ1) is 14.9. The van der Waals surface area contributed by atoms with Crippen LogP contribution in [0.4, 0.5) is 15.8 Å².